The number of hydrogen-bond acceptors (Lipinski definition) is 1. The molecule has 112 valence electrons. The summed E-state index contributed by atoms with van der Waals surface area (Å²) in [5.74, 6) is 0.605. The summed E-state index contributed by atoms with van der Waals surface area (Å²) in [5.41, 5.74) is 2.81. The lowest BCUT2D eigenvalue weighted by atomic mass is 9.92. The highest BCUT2D eigenvalue weighted by molar-refractivity contribution is 9.10. The van der Waals surface area contributed by atoms with Crippen LogP contribution in [0.25, 0.3) is 0 Å². The van der Waals surface area contributed by atoms with Gasteiger partial charge in [-0.2, -0.15) is 0 Å². The molecule has 0 bridgehead atoms. The maximum atomic E-state index is 3.67. The minimum atomic E-state index is 0.530. The number of nitrogens with one attached hydrogen (secondary N) is 1. The van der Waals surface area contributed by atoms with E-state index in [-0.39, 0.29) is 0 Å². The number of rotatable bonds is 7. The molecule has 0 aliphatic heterocycles. The van der Waals surface area contributed by atoms with Gasteiger partial charge in [-0.15, -0.1) is 0 Å². The molecular weight excluding hydrogens is 322 g/mol. The van der Waals surface area contributed by atoms with Gasteiger partial charge in [0.25, 0.3) is 0 Å². The Labute approximate surface area is 136 Å². The Bertz CT molecular complexity index is 536. The van der Waals surface area contributed by atoms with Crippen LogP contribution in [0.4, 0.5) is 0 Å². The zero-order chi connectivity index (χ0) is 15.1. The minimum absolute atomic E-state index is 0.530. The smallest absolute Gasteiger partial charge is 0.0207 e. The average molecular weight is 346 g/mol. The van der Waals surface area contributed by atoms with Gasteiger partial charge in [-0.1, -0.05) is 78.3 Å². The van der Waals surface area contributed by atoms with E-state index in [9.17, 15) is 0 Å². The van der Waals surface area contributed by atoms with Crippen LogP contribution in [0, 0.1) is 5.92 Å². The van der Waals surface area contributed by atoms with Crippen molar-refractivity contribution in [2.45, 2.75) is 32.7 Å². The van der Waals surface area contributed by atoms with Crippen molar-refractivity contribution < 1.29 is 0 Å². The van der Waals surface area contributed by atoms with Crippen molar-refractivity contribution in [3.8, 4) is 0 Å². The van der Waals surface area contributed by atoms with Crippen LogP contribution in [0.15, 0.2) is 59.1 Å². The average Bonchev–Trinajstić information content (AvgIpc) is 2.48. The molecule has 1 atom stereocenters. The Morgan fingerprint density at radius 2 is 1.57 bits per heavy atom. The van der Waals surface area contributed by atoms with Crippen LogP contribution < -0.4 is 5.32 Å². The lowest BCUT2D eigenvalue weighted by molar-refractivity contribution is 0.444. The second-order valence-corrected chi connectivity index (χ2v) is 6.77. The van der Waals surface area contributed by atoms with Gasteiger partial charge >= 0.3 is 0 Å². The molecule has 0 fully saturated rings. The van der Waals surface area contributed by atoms with Gasteiger partial charge < -0.3 is 5.32 Å². The van der Waals surface area contributed by atoms with Crippen molar-refractivity contribution in [2.75, 3.05) is 6.54 Å². The highest BCUT2D eigenvalue weighted by atomic mass is 79.9. The summed E-state index contributed by atoms with van der Waals surface area (Å²) in [6.45, 7) is 5.46. The summed E-state index contributed by atoms with van der Waals surface area (Å²) in [4.78, 5) is 0. The topological polar surface area (TPSA) is 12.0 Å². The van der Waals surface area contributed by atoms with Crippen LogP contribution in [-0.2, 0) is 12.8 Å². The van der Waals surface area contributed by atoms with Crippen LogP contribution in [0.2, 0.25) is 0 Å². The molecule has 0 aromatic heterocycles. The third-order valence-corrected chi connectivity index (χ3v) is 4.42. The molecule has 0 aliphatic carbocycles. The molecule has 2 rings (SSSR count). The molecule has 0 aliphatic rings. The summed E-state index contributed by atoms with van der Waals surface area (Å²) >= 11 is 3.67. The van der Waals surface area contributed by atoms with Crippen LogP contribution in [0.3, 0.4) is 0 Å². The molecule has 1 nitrogen and oxygen atoms in total. The molecule has 1 N–H and O–H groups in total. The second-order valence-electron chi connectivity index (χ2n) is 5.91. The monoisotopic (exact) mass is 345 g/mol. The predicted molar refractivity (Wildman–Crippen MR) is 94.6 cm³/mol. The standard InChI is InChI=1S/C19H24BrN/c1-15(2)21-14-17(12-16-8-4-3-5-9-16)13-18-10-6-7-11-19(18)20/h3-11,15,17,21H,12-14H2,1-2H3. The summed E-state index contributed by atoms with van der Waals surface area (Å²) in [7, 11) is 0. The molecular formula is C19H24BrN. The first-order valence-electron chi connectivity index (χ1n) is 7.66. The molecule has 0 spiro atoms. The summed E-state index contributed by atoms with van der Waals surface area (Å²) < 4.78 is 1.22. The third kappa shape index (κ3) is 5.64. The van der Waals surface area contributed by atoms with Crippen LogP contribution >= 0.6 is 15.9 Å². The molecule has 2 aromatic rings. The Morgan fingerprint density at radius 1 is 0.905 bits per heavy atom. The van der Waals surface area contributed by atoms with Crippen molar-refractivity contribution in [3.05, 3.63) is 70.2 Å². The highest BCUT2D eigenvalue weighted by Gasteiger charge is 2.13. The van der Waals surface area contributed by atoms with E-state index in [0.717, 1.165) is 19.4 Å². The van der Waals surface area contributed by atoms with Gasteiger partial charge in [0.15, 0.2) is 0 Å². The van der Waals surface area contributed by atoms with E-state index in [0.29, 0.717) is 12.0 Å². The number of benzene rings is 2. The van der Waals surface area contributed by atoms with Gasteiger partial charge in [0.1, 0.15) is 0 Å². The normalized spacial score (nSPS) is 12.6. The van der Waals surface area contributed by atoms with E-state index in [2.05, 4.69) is 89.7 Å². The lowest BCUT2D eigenvalue weighted by Crippen LogP contribution is -2.31. The quantitative estimate of drug-likeness (QED) is 0.756. The van der Waals surface area contributed by atoms with Crippen LogP contribution in [0.1, 0.15) is 25.0 Å². The molecule has 0 saturated heterocycles. The lowest BCUT2D eigenvalue weighted by Gasteiger charge is -2.20. The molecule has 0 heterocycles. The summed E-state index contributed by atoms with van der Waals surface area (Å²) in [6.07, 6.45) is 2.21. The van der Waals surface area contributed by atoms with Crippen molar-refractivity contribution >= 4 is 15.9 Å². The molecule has 0 radical (unpaired) electrons. The Morgan fingerprint density at radius 3 is 2.24 bits per heavy atom. The van der Waals surface area contributed by atoms with E-state index in [1.54, 1.807) is 0 Å². The van der Waals surface area contributed by atoms with Gasteiger partial charge in [0.2, 0.25) is 0 Å². The van der Waals surface area contributed by atoms with E-state index in [4.69, 9.17) is 0 Å². The van der Waals surface area contributed by atoms with Crippen LogP contribution in [-0.4, -0.2) is 12.6 Å². The first-order valence-corrected chi connectivity index (χ1v) is 8.45. The number of halogens is 1. The van der Waals surface area contributed by atoms with Gasteiger partial charge in [-0.25, -0.2) is 0 Å². The fourth-order valence-corrected chi connectivity index (χ4v) is 2.99. The van der Waals surface area contributed by atoms with Crippen molar-refractivity contribution in [1.82, 2.24) is 5.32 Å². The minimum Gasteiger partial charge on any atom is -0.314 e. The molecule has 1 unspecified atom stereocenters. The highest BCUT2D eigenvalue weighted by Crippen LogP contribution is 2.21. The number of hydrogen-bond donors (Lipinski definition) is 1. The largest absolute Gasteiger partial charge is 0.314 e. The zero-order valence-corrected chi connectivity index (χ0v) is 14.4. The van der Waals surface area contributed by atoms with Gasteiger partial charge in [-0.3, -0.25) is 0 Å². The van der Waals surface area contributed by atoms with E-state index < -0.39 is 0 Å². The molecule has 21 heavy (non-hydrogen) atoms. The van der Waals surface area contributed by atoms with Crippen LogP contribution in [0.5, 0.6) is 0 Å². The predicted octanol–water partition coefficient (Wildman–Crippen LogP) is 4.85. The van der Waals surface area contributed by atoms with Crippen molar-refractivity contribution in [3.63, 3.8) is 0 Å². The molecule has 2 aromatic carbocycles. The van der Waals surface area contributed by atoms with Crippen molar-refractivity contribution in [2.24, 2.45) is 5.92 Å². The van der Waals surface area contributed by atoms with Gasteiger partial charge in [0, 0.05) is 10.5 Å². The van der Waals surface area contributed by atoms with E-state index >= 15 is 0 Å². The fraction of sp³-hybridized carbons (Fsp3) is 0.368. The zero-order valence-electron chi connectivity index (χ0n) is 12.9. The maximum absolute atomic E-state index is 3.67. The Kier molecular flexibility index (Phi) is 6.47. The SMILES string of the molecule is CC(C)NCC(Cc1ccccc1)Cc1ccccc1Br. The first kappa shape index (κ1) is 16.3. The summed E-state index contributed by atoms with van der Waals surface area (Å²) in [5, 5.41) is 3.59. The first-order chi connectivity index (χ1) is 10.1. The van der Waals surface area contributed by atoms with E-state index in [1.807, 2.05) is 0 Å². The Hall–Kier alpha value is -1.12. The molecule has 0 amide bonds. The maximum Gasteiger partial charge on any atom is 0.0207 e. The van der Waals surface area contributed by atoms with Gasteiger partial charge in [0.05, 0.1) is 0 Å². The van der Waals surface area contributed by atoms with Crippen molar-refractivity contribution in [1.29, 1.82) is 0 Å². The van der Waals surface area contributed by atoms with E-state index in [1.165, 1.54) is 15.6 Å². The molecule has 0 saturated carbocycles. The molecule has 2 heteroatoms. The fourth-order valence-electron chi connectivity index (χ4n) is 2.54. The second kappa shape index (κ2) is 8.35. The third-order valence-electron chi connectivity index (χ3n) is 3.65. The Balaban J connectivity index is 2.06. The van der Waals surface area contributed by atoms with Gasteiger partial charge in [-0.05, 0) is 42.5 Å². The summed E-state index contributed by atoms with van der Waals surface area (Å²) in [6, 6.07) is 19.9.